The summed E-state index contributed by atoms with van der Waals surface area (Å²) in [5, 5.41) is 24.4. The number of carbonyl (C=O) groups is 2. The monoisotopic (exact) mass is 403 g/mol. The first kappa shape index (κ1) is 17.7. The van der Waals surface area contributed by atoms with Gasteiger partial charge < -0.3 is 14.8 Å². The summed E-state index contributed by atoms with van der Waals surface area (Å²) in [4.78, 5) is 39.1. The molecule has 0 saturated carbocycles. The number of carbonyl (C=O) groups excluding carboxylic acids is 2. The minimum Gasteiger partial charge on any atom is -0.508 e. The van der Waals surface area contributed by atoms with E-state index < -0.39 is 16.7 Å². The van der Waals surface area contributed by atoms with Crippen molar-refractivity contribution < 1.29 is 24.4 Å². The number of benzene rings is 3. The number of hydrogen-bond acceptors (Lipinski definition) is 6. The van der Waals surface area contributed by atoms with Gasteiger partial charge in [-0.05, 0) is 30.3 Å². The highest BCUT2D eigenvalue weighted by molar-refractivity contribution is 6.32. The smallest absolute Gasteiger partial charge is 0.273 e. The Bertz CT molecular complexity index is 1440. The van der Waals surface area contributed by atoms with Crippen molar-refractivity contribution in [2.75, 3.05) is 7.11 Å². The third-order valence-electron chi connectivity index (χ3n) is 5.24. The van der Waals surface area contributed by atoms with Crippen molar-refractivity contribution in [3.63, 3.8) is 0 Å². The Morgan fingerprint density at radius 2 is 1.73 bits per heavy atom. The van der Waals surface area contributed by atoms with Gasteiger partial charge in [0.15, 0.2) is 0 Å². The van der Waals surface area contributed by atoms with Crippen molar-refractivity contribution in [2.45, 2.75) is 0 Å². The number of nitro groups is 1. The summed E-state index contributed by atoms with van der Waals surface area (Å²) in [7, 11) is 1.37. The van der Waals surface area contributed by atoms with E-state index in [4.69, 9.17) is 4.74 Å². The Morgan fingerprint density at radius 3 is 2.47 bits per heavy atom. The fourth-order valence-electron chi connectivity index (χ4n) is 3.97. The molecule has 9 nitrogen and oxygen atoms in total. The van der Waals surface area contributed by atoms with E-state index >= 15 is 0 Å². The van der Waals surface area contributed by atoms with Crippen molar-refractivity contribution in [3.05, 3.63) is 63.7 Å². The van der Waals surface area contributed by atoms with E-state index in [1.165, 1.54) is 37.4 Å². The lowest BCUT2D eigenvalue weighted by Gasteiger charge is -2.12. The van der Waals surface area contributed by atoms with Gasteiger partial charge in [0.05, 0.1) is 29.2 Å². The third kappa shape index (κ3) is 2.35. The lowest BCUT2D eigenvalue weighted by atomic mass is 9.92. The number of non-ortho nitro benzene ring substituents is 1. The number of nitro benzene ring substituents is 1. The summed E-state index contributed by atoms with van der Waals surface area (Å²) >= 11 is 0. The van der Waals surface area contributed by atoms with Crippen molar-refractivity contribution >= 4 is 39.3 Å². The molecule has 0 atom stereocenters. The second kappa shape index (κ2) is 6.05. The third-order valence-corrected chi connectivity index (χ3v) is 5.24. The van der Waals surface area contributed by atoms with Gasteiger partial charge in [-0.3, -0.25) is 25.0 Å². The van der Waals surface area contributed by atoms with Crippen LogP contribution < -0.4 is 10.1 Å². The molecule has 3 aromatic carbocycles. The fraction of sp³-hybridized carbons (Fsp3) is 0.0476. The molecule has 30 heavy (non-hydrogen) atoms. The lowest BCUT2D eigenvalue weighted by molar-refractivity contribution is -0.384. The molecule has 4 aromatic rings. The van der Waals surface area contributed by atoms with E-state index in [1.807, 2.05) is 0 Å². The first-order chi connectivity index (χ1) is 14.4. The van der Waals surface area contributed by atoms with Crippen LogP contribution in [0.4, 0.5) is 5.69 Å². The van der Waals surface area contributed by atoms with Crippen LogP contribution in [0.2, 0.25) is 0 Å². The van der Waals surface area contributed by atoms with Gasteiger partial charge in [0, 0.05) is 39.0 Å². The highest BCUT2D eigenvalue weighted by atomic mass is 16.6. The van der Waals surface area contributed by atoms with Crippen LogP contribution in [0.1, 0.15) is 20.7 Å². The molecule has 0 bridgehead atoms. The molecule has 1 aliphatic heterocycles. The molecule has 0 aliphatic carbocycles. The summed E-state index contributed by atoms with van der Waals surface area (Å²) in [6.45, 7) is 0. The summed E-state index contributed by atoms with van der Waals surface area (Å²) in [5.41, 5.74) is 2.29. The molecule has 9 heteroatoms. The van der Waals surface area contributed by atoms with Crippen LogP contribution in [0.3, 0.4) is 0 Å². The molecule has 3 N–H and O–H groups in total. The summed E-state index contributed by atoms with van der Waals surface area (Å²) < 4.78 is 5.33. The molecular formula is C21H13N3O6. The molecular weight excluding hydrogens is 390 g/mol. The van der Waals surface area contributed by atoms with Crippen LogP contribution in [-0.2, 0) is 0 Å². The van der Waals surface area contributed by atoms with Gasteiger partial charge in [-0.25, -0.2) is 0 Å². The first-order valence-electron chi connectivity index (χ1n) is 8.89. The van der Waals surface area contributed by atoms with Gasteiger partial charge in [0.2, 0.25) is 0 Å². The number of phenolic OH excluding ortho intramolecular Hbond substituents is 1. The molecule has 1 aliphatic rings. The number of nitrogens with one attached hydrogen (secondary N) is 2. The highest BCUT2D eigenvalue weighted by Crippen LogP contribution is 2.42. The Hall–Kier alpha value is -4.40. The van der Waals surface area contributed by atoms with E-state index in [-0.39, 0.29) is 28.3 Å². The number of aromatic amines is 1. The van der Waals surface area contributed by atoms with Crippen LogP contribution in [0, 0.1) is 10.1 Å². The molecule has 2 heterocycles. The van der Waals surface area contributed by atoms with E-state index in [0.29, 0.717) is 32.9 Å². The zero-order valence-electron chi connectivity index (χ0n) is 15.5. The Kier molecular flexibility index (Phi) is 3.56. The summed E-state index contributed by atoms with van der Waals surface area (Å²) in [6, 6.07) is 10.5. The molecule has 1 aromatic heterocycles. The molecule has 5 rings (SSSR count). The van der Waals surface area contributed by atoms with Gasteiger partial charge in [-0.1, -0.05) is 0 Å². The fourth-order valence-corrected chi connectivity index (χ4v) is 3.97. The van der Waals surface area contributed by atoms with E-state index in [9.17, 15) is 24.8 Å². The number of hydrogen-bond donors (Lipinski definition) is 3. The van der Waals surface area contributed by atoms with Gasteiger partial charge in [-0.15, -0.1) is 0 Å². The number of amides is 2. The normalized spacial score (nSPS) is 13.0. The number of H-pyrrole nitrogens is 1. The number of fused-ring (bicyclic) bond motifs is 5. The topological polar surface area (TPSA) is 135 Å². The predicted molar refractivity (Wildman–Crippen MR) is 108 cm³/mol. The SMILES string of the molecule is COc1cc([N+](=O)[O-])ccc1-c1cc2[nH]c3ccc(O)cc3c2c2c1C(=O)NC2=O. The molecule has 0 unspecified atom stereocenters. The molecule has 148 valence electrons. The van der Waals surface area contributed by atoms with Crippen molar-refractivity contribution in [2.24, 2.45) is 0 Å². The zero-order valence-corrected chi connectivity index (χ0v) is 15.5. The van der Waals surface area contributed by atoms with Crippen molar-refractivity contribution in [3.8, 4) is 22.6 Å². The van der Waals surface area contributed by atoms with E-state index in [2.05, 4.69) is 10.3 Å². The number of nitrogens with zero attached hydrogens (tertiary/aromatic N) is 1. The van der Waals surface area contributed by atoms with Gasteiger partial charge in [0.1, 0.15) is 11.5 Å². The number of aromatic nitrogens is 1. The first-order valence-corrected chi connectivity index (χ1v) is 8.89. The standard InChI is InChI=1S/C21H13N3O6/c1-30-16-6-9(24(28)29)2-4-11(16)12-8-15-17(19-18(12)20(26)23-21(19)27)13-7-10(25)3-5-14(13)22-15/h2-8,22,25H,1H3,(H,23,26,27). The number of methoxy groups -OCH3 is 1. The predicted octanol–water partition coefficient (Wildman–Crippen LogP) is 3.49. The number of ether oxygens (including phenoxy) is 1. The maximum Gasteiger partial charge on any atom is 0.273 e. The van der Waals surface area contributed by atoms with Crippen LogP contribution in [-0.4, -0.2) is 33.9 Å². The molecule has 2 amide bonds. The van der Waals surface area contributed by atoms with Gasteiger partial charge in [0.25, 0.3) is 17.5 Å². The average molecular weight is 403 g/mol. The van der Waals surface area contributed by atoms with Crippen LogP contribution >= 0.6 is 0 Å². The van der Waals surface area contributed by atoms with Gasteiger partial charge in [-0.2, -0.15) is 0 Å². The number of rotatable bonds is 3. The lowest BCUT2D eigenvalue weighted by Crippen LogP contribution is -2.20. The van der Waals surface area contributed by atoms with E-state index in [0.717, 1.165) is 0 Å². The maximum atomic E-state index is 12.7. The van der Waals surface area contributed by atoms with Crippen molar-refractivity contribution in [1.82, 2.24) is 10.3 Å². The van der Waals surface area contributed by atoms with Crippen LogP contribution in [0.5, 0.6) is 11.5 Å². The number of imide groups is 1. The summed E-state index contributed by atoms with van der Waals surface area (Å²) in [6.07, 6.45) is 0. The highest BCUT2D eigenvalue weighted by Gasteiger charge is 2.34. The zero-order chi connectivity index (χ0) is 21.2. The van der Waals surface area contributed by atoms with Crippen LogP contribution in [0.15, 0.2) is 42.5 Å². The second-order valence-electron chi connectivity index (χ2n) is 6.88. The van der Waals surface area contributed by atoms with Crippen molar-refractivity contribution in [1.29, 1.82) is 0 Å². The molecule has 0 saturated heterocycles. The summed E-state index contributed by atoms with van der Waals surface area (Å²) in [5.74, 6) is -0.886. The maximum absolute atomic E-state index is 12.7. The molecule has 0 radical (unpaired) electrons. The minimum absolute atomic E-state index is 0.0306. The largest absolute Gasteiger partial charge is 0.508 e. The Labute approximate surface area is 168 Å². The Balaban J connectivity index is 1.90. The van der Waals surface area contributed by atoms with E-state index in [1.54, 1.807) is 12.1 Å². The number of phenols is 1. The molecule has 0 fully saturated rings. The quantitative estimate of drug-likeness (QED) is 0.272. The average Bonchev–Trinajstić information content (AvgIpc) is 3.23. The second-order valence-corrected chi connectivity index (χ2v) is 6.88. The molecule has 0 spiro atoms. The minimum atomic E-state index is -0.568. The van der Waals surface area contributed by atoms with Crippen LogP contribution in [0.25, 0.3) is 32.9 Å². The Morgan fingerprint density at radius 1 is 0.967 bits per heavy atom. The van der Waals surface area contributed by atoms with Gasteiger partial charge >= 0.3 is 0 Å². The number of aromatic hydroxyl groups is 1.